The third-order valence-corrected chi connectivity index (χ3v) is 14.3. The van der Waals surface area contributed by atoms with E-state index < -0.39 is 20.7 Å². The number of phosphoric acid groups is 1. The smallest absolute Gasteiger partial charge is 0.474 e. The van der Waals surface area contributed by atoms with Crippen LogP contribution in [-0.4, -0.2) is 79.4 Å². The fraction of sp³-hybridized carbons (Fsp3) is 0.625. The number of carboxylic acids is 1. The number of aliphatic hydroxyl groups excluding tert-OH is 2. The number of nitrogen functional groups attached to an aromatic ring is 1. The second-order valence-electron chi connectivity index (χ2n) is 17.4. The van der Waals surface area contributed by atoms with Gasteiger partial charge in [-0.2, -0.15) is 0 Å². The monoisotopic (exact) mass is 1120 g/mol. The Hall–Kier alpha value is -3.66. The molecule has 7 N–H and O–H groups in total. The molecule has 0 aliphatic heterocycles. The Morgan fingerprint density at radius 1 is 0.493 bits per heavy atom. The normalized spacial score (nSPS) is 11.0. The van der Waals surface area contributed by atoms with Crippen LogP contribution in [-0.2, 0) is 65.4 Å². The van der Waals surface area contributed by atoms with E-state index in [0.29, 0.717) is 32.5 Å². The molecule has 0 unspecified atom stereocenters. The van der Waals surface area contributed by atoms with Gasteiger partial charge in [-0.25, -0.2) is 9.13 Å². The Bertz CT molecular complexity index is 1940. The predicted molar refractivity (Wildman–Crippen MR) is 307 cm³/mol. The largest absolute Gasteiger partial charge is 0.481 e. The van der Waals surface area contributed by atoms with Gasteiger partial charge < -0.3 is 31.7 Å². The van der Waals surface area contributed by atoms with Gasteiger partial charge in [-0.15, -0.1) is 0 Å². The molecular formula is C56H96ClN3O13P2. The number of carboxylic acid groups (broad SMARTS) is 1. The number of aliphatic hydroxyl groups is 2. The van der Waals surface area contributed by atoms with Gasteiger partial charge in [0.1, 0.15) is 0 Å². The average Bonchev–Trinajstić information content (AvgIpc) is 3.36. The van der Waals surface area contributed by atoms with Gasteiger partial charge in [0.2, 0.25) is 11.8 Å². The van der Waals surface area contributed by atoms with Gasteiger partial charge in [0.15, 0.2) is 0 Å². The van der Waals surface area contributed by atoms with Crippen LogP contribution < -0.4 is 16.4 Å². The first kappa shape index (κ1) is 73.4. The van der Waals surface area contributed by atoms with Crippen molar-refractivity contribution in [3.05, 3.63) is 89.5 Å². The standard InChI is InChI=1S/C20H34NO5P.C16H25NO2.C8H11NO.C8H16O2.C4H10ClO3P/c1-5-9-18(10-6-2)20(22)21-19-13-11-17(12-14-19)15-16-26-27(23,24-7-3)25-8-4;1-3-5-14(6-4-2)16(19)17-15-9-7-13(8-10-15)11-12-18;9-8-3-1-7(2-4-8)5-6-10;1-3-5-7(6-4-2)8(9)10;1-3-7-9(5,6)8-4-2/h11-14,18H,5-10,15-16H2,1-4H3,(H,21,22);7-10,14,18H,3-6,11-12H2,1-2H3,(H,17,19);1-4,10H,5-6,9H2;7H,3-6H2,1-2H3,(H,9,10);3-4H2,1-2H3. The van der Waals surface area contributed by atoms with Gasteiger partial charge >= 0.3 is 20.7 Å². The second-order valence-corrected chi connectivity index (χ2v) is 21.6. The van der Waals surface area contributed by atoms with Gasteiger partial charge in [0.05, 0.1) is 39.0 Å². The number of amides is 2. The van der Waals surface area contributed by atoms with Crippen LogP contribution in [0.3, 0.4) is 0 Å². The highest BCUT2D eigenvalue weighted by Gasteiger charge is 2.25. The van der Waals surface area contributed by atoms with E-state index in [0.717, 1.165) is 111 Å². The Kier molecular flexibility index (Phi) is 45.5. The summed E-state index contributed by atoms with van der Waals surface area (Å²) in [6.45, 7) is 17.9. The Morgan fingerprint density at radius 3 is 1.09 bits per heavy atom. The second kappa shape index (κ2) is 46.4. The summed E-state index contributed by atoms with van der Waals surface area (Å²) in [5.74, 6) is -0.340. The molecule has 0 heterocycles. The van der Waals surface area contributed by atoms with Gasteiger partial charge in [-0.05, 0) is 139 Å². The van der Waals surface area contributed by atoms with Crippen LogP contribution in [0.2, 0.25) is 0 Å². The molecule has 0 aliphatic rings. The van der Waals surface area contributed by atoms with Crippen molar-refractivity contribution in [1.82, 2.24) is 0 Å². The maximum Gasteiger partial charge on any atom is 0.474 e. The van der Waals surface area contributed by atoms with E-state index in [1.54, 1.807) is 27.7 Å². The number of hydrogen-bond donors (Lipinski definition) is 6. The van der Waals surface area contributed by atoms with Crippen molar-refractivity contribution in [1.29, 1.82) is 0 Å². The highest BCUT2D eigenvalue weighted by atomic mass is 35.7. The summed E-state index contributed by atoms with van der Waals surface area (Å²) in [5, 5.41) is 32.0. The number of nitrogens with two attached hydrogens (primary N) is 1. The van der Waals surface area contributed by atoms with E-state index in [-0.39, 0.29) is 62.6 Å². The molecule has 19 heteroatoms. The molecule has 16 nitrogen and oxygen atoms in total. The van der Waals surface area contributed by atoms with E-state index in [2.05, 4.69) is 47.4 Å². The minimum absolute atomic E-state index is 0.0688. The quantitative estimate of drug-likeness (QED) is 0.0246. The van der Waals surface area contributed by atoms with Crippen molar-refractivity contribution >= 4 is 60.9 Å². The molecule has 3 rings (SSSR count). The lowest BCUT2D eigenvalue weighted by molar-refractivity contribution is -0.142. The van der Waals surface area contributed by atoms with Crippen LogP contribution in [0.15, 0.2) is 72.8 Å². The van der Waals surface area contributed by atoms with Crippen LogP contribution in [0, 0.1) is 17.8 Å². The molecule has 75 heavy (non-hydrogen) atoms. The molecule has 0 fully saturated rings. The summed E-state index contributed by atoms with van der Waals surface area (Å²) in [6.07, 6.45) is 13.3. The summed E-state index contributed by atoms with van der Waals surface area (Å²) in [6, 6.07) is 22.8. The molecule has 0 radical (unpaired) electrons. The number of benzene rings is 3. The molecule has 0 aromatic heterocycles. The van der Waals surface area contributed by atoms with Crippen LogP contribution in [0.4, 0.5) is 17.1 Å². The molecule has 0 bridgehead atoms. The molecule has 0 saturated heterocycles. The first-order chi connectivity index (χ1) is 35.8. The molecule has 0 aliphatic carbocycles. The van der Waals surface area contributed by atoms with Gasteiger partial charge in [0.25, 0.3) is 0 Å². The number of hydrogen-bond acceptors (Lipinski definition) is 13. The third kappa shape index (κ3) is 37.7. The minimum atomic E-state index is -3.47. The molecule has 0 spiro atoms. The van der Waals surface area contributed by atoms with Crippen LogP contribution >= 0.6 is 26.0 Å². The number of halogens is 1. The van der Waals surface area contributed by atoms with E-state index in [9.17, 15) is 23.5 Å². The zero-order chi connectivity index (χ0) is 56.9. The molecule has 0 saturated carbocycles. The highest BCUT2D eigenvalue weighted by Crippen LogP contribution is 2.53. The van der Waals surface area contributed by atoms with Crippen molar-refractivity contribution in [3.63, 3.8) is 0 Å². The summed E-state index contributed by atoms with van der Waals surface area (Å²) in [7, 11) is -3.47. The maximum absolute atomic E-state index is 12.4. The Morgan fingerprint density at radius 2 is 0.800 bits per heavy atom. The first-order valence-corrected chi connectivity index (χ1v) is 31.0. The number of nitrogens with one attached hydrogen (secondary N) is 2. The number of phosphoric ester groups is 1. The molecule has 430 valence electrons. The van der Waals surface area contributed by atoms with Crippen LogP contribution in [0.25, 0.3) is 0 Å². The maximum atomic E-state index is 12.4. The number of carbonyl (C=O) groups is 3. The van der Waals surface area contributed by atoms with Crippen molar-refractivity contribution < 1.29 is 61.5 Å². The Labute approximate surface area is 455 Å². The van der Waals surface area contributed by atoms with Gasteiger partial charge in [0, 0.05) is 53.4 Å². The molecule has 3 aromatic carbocycles. The van der Waals surface area contributed by atoms with Crippen molar-refractivity contribution in [3.8, 4) is 0 Å². The zero-order valence-electron chi connectivity index (χ0n) is 47.0. The lowest BCUT2D eigenvalue weighted by Gasteiger charge is -2.16. The number of anilines is 3. The fourth-order valence-corrected chi connectivity index (χ4v) is 9.73. The van der Waals surface area contributed by atoms with E-state index >= 15 is 0 Å². The molecular weight excluding hydrogens is 1020 g/mol. The van der Waals surface area contributed by atoms with E-state index in [4.69, 9.17) is 45.9 Å². The van der Waals surface area contributed by atoms with E-state index in [1.807, 2.05) is 86.6 Å². The SMILES string of the molecule is CCCC(CCC)C(=O)Nc1ccc(CCO)cc1.CCCC(CCC)C(=O)Nc1ccc(CCOP(=O)(OCC)OCC)cc1.CCCC(CCC)C(=O)O.CCOP(=O)(Cl)OCC.Nc1ccc(CCO)cc1. The minimum Gasteiger partial charge on any atom is -0.481 e. The Balaban J connectivity index is 0. The van der Waals surface area contributed by atoms with Crippen molar-refractivity contribution in [2.75, 3.05) is 62.6 Å². The molecule has 3 aromatic rings. The lowest BCUT2D eigenvalue weighted by atomic mass is 9.97. The molecule has 0 atom stereocenters. The van der Waals surface area contributed by atoms with Gasteiger partial charge in [-0.3, -0.25) is 37.0 Å². The highest BCUT2D eigenvalue weighted by molar-refractivity contribution is 7.81. The summed E-state index contributed by atoms with van der Waals surface area (Å²) < 4.78 is 47.6. The van der Waals surface area contributed by atoms with Crippen molar-refractivity contribution in [2.24, 2.45) is 17.8 Å². The zero-order valence-corrected chi connectivity index (χ0v) is 49.5. The van der Waals surface area contributed by atoms with Crippen molar-refractivity contribution in [2.45, 2.75) is 166 Å². The topological polar surface area (TPSA) is 242 Å². The predicted octanol–water partition coefficient (Wildman–Crippen LogP) is 14.5. The van der Waals surface area contributed by atoms with E-state index in [1.165, 1.54) is 0 Å². The summed E-state index contributed by atoms with van der Waals surface area (Å²) in [5.41, 5.74) is 11.1. The third-order valence-electron chi connectivity index (χ3n) is 10.9. The number of carbonyl (C=O) groups excluding carboxylic acids is 2. The summed E-state index contributed by atoms with van der Waals surface area (Å²) >= 11 is 5.25. The fourth-order valence-electron chi connectivity index (χ4n) is 7.28. The number of rotatable bonds is 33. The van der Waals surface area contributed by atoms with Crippen LogP contribution in [0.1, 0.15) is 163 Å². The first-order valence-electron chi connectivity index (χ1n) is 27.1. The number of aliphatic carboxylic acids is 1. The average molecular weight is 1120 g/mol. The van der Waals surface area contributed by atoms with Gasteiger partial charge in [-0.1, -0.05) is 116 Å². The lowest BCUT2D eigenvalue weighted by Crippen LogP contribution is -2.22. The van der Waals surface area contributed by atoms with Crippen LogP contribution in [0.5, 0.6) is 0 Å². The summed E-state index contributed by atoms with van der Waals surface area (Å²) in [4.78, 5) is 35.0. The molecule has 2 amide bonds.